The third-order valence-electron chi connectivity index (χ3n) is 3.78. The monoisotopic (exact) mass is 282 g/mol. The van der Waals surface area contributed by atoms with Gasteiger partial charge in [0.05, 0.1) is 11.5 Å². The van der Waals surface area contributed by atoms with E-state index >= 15 is 0 Å². The third-order valence-corrected chi connectivity index (χ3v) is 3.78. The highest BCUT2D eigenvalue weighted by Crippen LogP contribution is 2.34. The van der Waals surface area contributed by atoms with Crippen molar-refractivity contribution in [2.24, 2.45) is 5.41 Å². The fourth-order valence-electron chi connectivity index (χ4n) is 2.57. The summed E-state index contributed by atoms with van der Waals surface area (Å²) in [5.74, 6) is 0. The van der Waals surface area contributed by atoms with Crippen molar-refractivity contribution in [3.8, 4) is 0 Å². The highest BCUT2D eigenvalue weighted by atomic mass is 16.4. The summed E-state index contributed by atoms with van der Waals surface area (Å²) in [4.78, 5) is 12.0. The topological polar surface area (TPSA) is 50.4 Å². The van der Waals surface area contributed by atoms with Gasteiger partial charge in [-0.15, -0.1) is 0 Å². The van der Waals surface area contributed by atoms with Crippen LogP contribution in [0.4, 0.5) is 0 Å². The Bertz CT molecular complexity index is 869. The highest BCUT2D eigenvalue weighted by Gasteiger charge is 2.24. The molecule has 0 bridgehead atoms. The highest BCUT2D eigenvalue weighted by molar-refractivity contribution is 6.04. The standard InChI is InChI=1S/C18H18O3/c1-18(2,3)16(19)11-8-9-13-14(10-11)12-6-4-5-7-15(12)21-17(13)20/h4-10,16,19H,1-3H3. The van der Waals surface area contributed by atoms with E-state index in [1.807, 2.05) is 45.0 Å². The molecule has 0 saturated heterocycles. The van der Waals surface area contributed by atoms with Gasteiger partial charge >= 0.3 is 5.63 Å². The van der Waals surface area contributed by atoms with Crippen molar-refractivity contribution in [2.75, 3.05) is 0 Å². The molecule has 0 aliphatic rings. The second-order valence-corrected chi connectivity index (χ2v) is 6.46. The smallest absolute Gasteiger partial charge is 0.344 e. The van der Waals surface area contributed by atoms with E-state index in [-0.39, 0.29) is 11.0 Å². The number of hydrogen-bond donors (Lipinski definition) is 1. The van der Waals surface area contributed by atoms with E-state index in [0.717, 1.165) is 16.3 Å². The van der Waals surface area contributed by atoms with Crippen LogP contribution in [0.3, 0.4) is 0 Å². The van der Waals surface area contributed by atoms with Gasteiger partial charge in [-0.1, -0.05) is 45.0 Å². The summed E-state index contributed by atoms with van der Waals surface area (Å²) in [5, 5.41) is 12.7. The third kappa shape index (κ3) is 2.34. The number of aliphatic hydroxyl groups excluding tert-OH is 1. The fraction of sp³-hybridized carbons (Fsp3) is 0.278. The van der Waals surface area contributed by atoms with Gasteiger partial charge in [0, 0.05) is 10.8 Å². The van der Waals surface area contributed by atoms with Crippen LogP contribution in [0.5, 0.6) is 0 Å². The summed E-state index contributed by atoms with van der Waals surface area (Å²) in [6, 6.07) is 12.9. The zero-order valence-corrected chi connectivity index (χ0v) is 12.4. The molecular weight excluding hydrogens is 264 g/mol. The van der Waals surface area contributed by atoms with Crippen molar-refractivity contribution in [3.63, 3.8) is 0 Å². The van der Waals surface area contributed by atoms with Gasteiger partial charge < -0.3 is 9.52 Å². The second kappa shape index (κ2) is 4.71. The number of aliphatic hydroxyl groups is 1. The Morgan fingerprint density at radius 3 is 2.43 bits per heavy atom. The molecule has 1 unspecified atom stereocenters. The van der Waals surface area contributed by atoms with E-state index in [0.29, 0.717) is 11.0 Å². The fourth-order valence-corrected chi connectivity index (χ4v) is 2.57. The van der Waals surface area contributed by atoms with Crippen molar-refractivity contribution in [3.05, 3.63) is 58.4 Å². The van der Waals surface area contributed by atoms with Crippen LogP contribution in [0.1, 0.15) is 32.4 Å². The maximum absolute atomic E-state index is 12.0. The van der Waals surface area contributed by atoms with Gasteiger partial charge in [0.2, 0.25) is 0 Å². The molecule has 108 valence electrons. The Morgan fingerprint density at radius 2 is 1.71 bits per heavy atom. The Hall–Kier alpha value is -2.13. The van der Waals surface area contributed by atoms with Gasteiger partial charge in [0.15, 0.2) is 0 Å². The van der Waals surface area contributed by atoms with Gasteiger partial charge in [0.25, 0.3) is 0 Å². The molecule has 0 amide bonds. The lowest BCUT2D eigenvalue weighted by Crippen LogP contribution is -2.17. The minimum Gasteiger partial charge on any atom is -0.422 e. The molecule has 21 heavy (non-hydrogen) atoms. The number of hydrogen-bond acceptors (Lipinski definition) is 3. The van der Waals surface area contributed by atoms with E-state index in [4.69, 9.17) is 4.42 Å². The van der Waals surface area contributed by atoms with Crippen molar-refractivity contribution in [1.29, 1.82) is 0 Å². The SMILES string of the molecule is CC(C)(C)C(O)c1ccc2c(=O)oc3ccccc3c2c1. The van der Waals surface area contributed by atoms with Crippen molar-refractivity contribution >= 4 is 21.7 Å². The molecule has 0 spiro atoms. The molecule has 1 N–H and O–H groups in total. The Morgan fingerprint density at radius 1 is 1.00 bits per heavy atom. The Kier molecular flexibility index (Phi) is 3.10. The van der Waals surface area contributed by atoms with Gasteiger partial charge in [-0.2, -0.15) is 0 Å². The molecule has 0 aliphatic heterocycles. The van der Waals surface area contributed by atoms with Crippen molar-refractivity contribution in [2.45, 2.75) is 26.9 Å². The molecular formula is C18H18O3. The zero-order valence-electron chi connectivity index (χ0n) is 12.4. The lowest BCUT2D eigenvalue weighted by molar-refractivity contribution is 0.0628. The summed E-state index contributed by atoms with van der Waals surface area (Å²) in [5.41, 5.74) is 0.770. The van der Waals surface area contributed by atoms with Crippen molar-refractivity contribution in [1.82, 2.24) is 0 Å². The summed E-state index contributed by atoms with van der Waals surface area (Å²) in [6.45, 7) is 5.96. The molecule has 1 atom stereocenters. The first kappa shape index (κ1) is 13.8. The lowest BCUT2D eigenvalue weighted by Gasteiger charge is -2.26. The van der Waals surface area contributed by atoms with Crippen LogP contribution < -0.4 is 5.63 Å². The molecule has 0 radical (unpaired) electrons. The van der Waals surface area contributed by atoms with Gasteiger partial charge in [0.1, 0.15) is 5.58 Å². The summed E-state index contributed by atoms with van der Waals surface area (Å²) >= 11 is 0. The van der Waals surface area contributed by atoms with E-state index in [9.17, 15) is 9.90 Å². The molecule has 1 aromatic heterocycles. The van der Waals surface area contributed by atoms with Gasteiger partial charge in [-0.3, -0.25) is 0 Å². The molecule has 3 nitrogen and oxygen atoms in total. The normalized spacial score (nSPS) is 13.7. The lowest BCUT2D eigenvalue weighted by atomic mass is 9.84. The van der Waals surface area contributed by atoms with Crippen molar-refractivity contribution < 1.29 is 9.52 Å². The van der Waals surface area contributed by atoms with Crippen LogP contribution in [0.2, 0.25) is 0 Å². The largest absolute Gasteiger partial charge is 0.422 e. The molecule has 3 rings (SSSR count). The first-order valence-corrected chi connectivity index (χ1v) is 7.01. The molecule has 1 heterocycles. The average Bonchev–Trinajstić information content (AvgIpc) is 2.45. The summed E-state index contributed by atoms with van der Waals surface area (Å²) in [6.07, 6.45) is -0.590. The summed E-state index contributed by atoms with van der Waals surface area (Å²) in [7, 11) is 0. The first-order valence-electron chi connectivity index (χ1n) is 7.01. The zero-order chi connectivity index (χ0) is 15.2. The minimum absolute atomic E-state index is 0.261. The predicted octanol–water partition coefficient (Wildman–Crippen LogP) is 4.03. The maximum atomic E-state index is 12.0. The Labute approximate surface area is 122 Å². The molecule has 0 aliphatic carbocycles. The van der Waals surface area contributed by atoms with E-state index in [1.165, 1.54) is 0 Å². The van der Waals surface area contributed by atoms with Crippen LogP contribution in [-0.2, 0) is 0 Å². The van der Waals surface area contributed by atoms with Gasteiger partial charge in [-0.05, 0) is 29.2 Å². The number of benzene rings is 2. The van der Waals surface area contributed by atoms with E-state index in [1.54, 1.807) is 18.2 Å². The molecule has 3 aromatic rings. The second-order valence-electron chi connectivity index (χ2n) is 6.46. The number of rotatable bonds is 1. The molecule has 0 saturated carbocycles. The average molecular weight is 282 g/mol. The molecule has 3 heteroatoms. The molecule has 0 fully saturated rings. The number of para-hydroxylation sites is 1. The van der Waals surface area contributed by atoms with Gasteiger partial charge in [-0.25, -0.2) is 4.79 Å². The van der Waals surface area contributed by atoms with E-state index < -0.39 is 6.10 Å². The maximum Gasteiger partial charge on any atom is 0.344 e. The van der Waals surface area contributed by atoms with Crippen LogP contribution in [0, 0.1) is 5.41 Å². The quantitative estimate of drug-likeness (QED) is 0.541. The van der Waals surface area contributed by atoms with Crippen LogP contribution in [0.25, 0.3) is 21.7 Å². The molecule has 2 aromatic carbocycles. The Balaban J connectivity index is 2.34. The van der Waals surface area contributed by atoms with E-state index in [2.05, 4.69) is 0 Å². The first-order chi connectivity index (χ1) is 9.88. The predicted molar refractivity (Wildman–Crippen MR) is 84.4 cm³/mol. The van der Waals surface area contributed by atoms with Crippen LogP contribution in [-0.4, -0.2) is 5.11 Å². The van der Waals surface area contributed by atoms with Crippen LogP contribution in [0.15, 0.2) is 51.7 Å². The number of fused-ring (bicyclic) bond motifs is 3. The minimum atomic E-state index is -0.590. The summed E-state index contributed by atoms with van der Waals surface area (Å²) < 4.78 is 5.32. The van der Waals surface area contributed by atoms with Crippen LogP contribution >= 0.6 is 0 Å².